The molecule has 25 heavy (non-hydrogen) atoms. The van der Waals surface area contributed by atoms with Crippen LogP contribution in [0.2, 0.25) is 10.0 Å². The number of esters is 1. The van der Waals surface area contributed by atoms with Crippen molar-refractivity contribution in [1.29, 1.82) is 0 Å². The van der Waals surface area contributed by atoms with Crippen LogP contribution in [0.4, 0.5) is 14.9 Å². The Morgan fingerprint density at radius 3 is 2.52 bits per heavy atom. The van der Waals surface area contributed by atoms with Crippen molar-refractivity contribution >= 4 is 41.0 Å². The minimum atomic E-state index is -0.939. The van der Waals surface area contributed by atoms with Gasteiger partial charge in [-0.05, 0) is 31.7 Å². The molecule has 0 spiro atoms. The maximum Gasteiger partial charge on any atom is 0.407 e. The molecule has 1 unspecified atom stereocenters. The van der Waals surface area contributed by atoms with Crippen LogP contribution < -0.4 is 5.32 Å². The highest BCUT2D eigenvalue weighted by Gasteiger charge is 2.28. The van der Waals surface area contributed by atoms with Crippen LogP contribution in [0.3, 0.4) is 0 Å². The molecular weight excluding hydrogens is 374 g/mol. The predicted molar refractivity (Wildman–Crippen MR) is 93.2 cm³/mol. The van der Waals surface area contributed by atoms with Crippen molar-refractivity contribution in [1.82, 2.24) is 4.90 Å². The molecule has 0 aliphatic carbocycles. The van der Waals surface area contributed by atoms with Crippen molar-refractivity contribution in [3.8, 4) is 0 Å². The van der Waals surface area contributed by atoms with E-state index in [2.05, 4.69) is 10.1 Å². The zero-order valence-electron chi connectivity index (χ0n) is 13.8. The van der Waals surface area contributed by atoms with Gasteiger partial charge >= 0.3 is 12.1 Å². The number of methoxy groups -OCH3 is 1. The summed E-state index contributed by atoms with van der Waals surface area (Å²) in [5, 5.41) is 12.0. The van der Waals surface area contributed by atoms with Gasteiger partial charge in [-0.15, -0.1) is 0 Å². The zero-order chi connectivity index (χ0) is 18.7. The fourth-order valence-electron chi connectivity index (χ4n) is 2.93. The highest BCUT2D eigenvalue weighted by molar-refractivity contribution is 6.44. The van der Waals surface area contributed by atoms with Crippen LogP contribution in [0, 0.1) is 11.7 Å². The van der Waals surface area contributed by atoms with E-state index in [1.165, 1.54) is 4.90 Å². The topological polar surface area (TPSA) is 78.9 Å². The highest BCUT2D eigenvalue weighted by atomic mass is 35.5. The maximum atomic E-state index is 14.7. The summed E-state index contributed by atoms with van der Waals surface area (Å²) in [7, 11) is 1.15. The second-order valence-electron chi connectivity index (χ2n) is 5.94. The SMILES string of the molecule is COC(=O)c1cc(Cl)c(Cl)c(NC(C)C2CCN(C(=O)O)CC2)c1F. The fraction of sp³-hybridized carbons (Fsp3) is 0.500. The maximum absolute atomic E-state index is 14.7. The number of carbonyl (C=O) groups excluding carboxylic acids is 1. The highest BCUT2D eigenvalue weighted by Crippen LogP contribution is 2.36. The molecule has 1 aliphatic rings. The lowest BCUT2D eigenvalue weighted by molar-refractivity contribution is 0.0595. The summed E-state index contributed by atoms with van der Waals surface area (Å²) < 4.78 is 19.2. The molecule has 1 heterocycles. The molecule has 138 valence electrons. The van der Waals surface area contributed by atoms with Crippen molar-refractivity contribution < 1.29 is 23.8 Å². The van der Waals surface area contributed by atoms with Crippen LogP contribution in [0.1, 0.15) is 30.1 Å². The zero-order valence-corrected chi connectivity index (χ0v) is 15.3. The van der Waals surface area contributed by atoms with Gasteiger partial charge in [-0.25, -0.2) is 14.0 Å². The number of carbonyl (C=O) groups is 2. The Kier molecular flexibility index (Phi) is 6.35. The van der Waals surface area contributed by atoms with Gasteiger partial charge in [0, 0.05) is 19.1 Å². The molecule has 1 aliphatic heterocycles. The average molecular weight is 393 g/mol. The minimum Gasteiger partial charge on any atom is -0.465 e. The van der Waals surface area contributed by atoms with Crippen molar-refractivity contribution in [3.63, 3.8) is 0 Å². The number of rotatable bonds is 4. The summed E-state index contributed by atoms with van der Waals surface area (Å²) in [4.78, 5) is 24.0. The quantitative estimate of drug-likeness (QED) is 0.595. The first-order chi connectivity index (χ1) is 11.8. The van der Waals surface area contributed by atoms with Gasteiger partial charge < -0.3 is 20.1 Å². The number of hydrogen-bond acceptors (Lipinski definition) is 4. The summed E-state index contributed by atoms with van der Waals surface area (Å²) in [5.41, 5.74) is -0.352. The van der Waals surface area contributed by atoms with Gasteiger partial charge in [-0.2, -0.15) is 0 Å². The number of piperidine rings is 1. The number of hydrogen-bond donors (Lipinski definition) is 2. The minimum absolute atomic E-state index is 0.0124. The van der Waals surface area contributed by atoms with Crippen molar-refractivity contribution in [2.24, 2.45) is 5.92 Å². The molecule has 0 bridgehead atoms. The molecule has 1 saturated heterocycles. The Hall–Kier alpha value is -1.73. The van der Waals surface area contributed by atoms with Crippen LogP contribution in [0.25, 0.3) is 0 Å². The van der Waals surface area contributed by atoms with Gasteiger partial charge in [-0.3, -0.25) is 0 Å². The summed E-state index contributed by atoms with van der Waals surface area (Å²) in [6, 6.07) is 0.943. The Morgan fingerprint density at radius 1 is 1.40 bits per heavy atom. The van der Waals surface area contributed by atoms with E-state index in [9.17, 15) is 14.0 Å². The first kappa shape index (κ1) is 19.6. The number of ether oxygens (including phenoxy) is 1. The molecule has 1 aromatic carbocycles. The molecule has 9 heteroatoms. The van der Waals surface area contributed by atoms with Crippen LogP contribution in [-0.2, 0) is 4.74 Å². The van der Waals surface area contributed by atoms with Crippen LogP contribution in [0.15, 0.2) is 6.07 Å². The lowest BCUT2D eigenvalue weighted by Gasteiger charge is -2.34. The number of halogens is 3. The molecule has 0 saturated carbocycles. The molecule has 2 N–H and O–H groups in total. The third kappa shape index (κ3) is 4.27. The standard InChI is InChI=1S/C16H19Cl2FN2O4/c1-8(9-3-5-21(6-4-9)16(23)24)20-14-12(18)11(17)7-10(13(14)19)15(22)25-2/h7-9,20H,3-6H2,1-2H3,(H,23,24). The molecule has 6 nitrogen and oxygen atoms in total. The van der Waals surface area contributed by atoms with Gasteiger partial charge in [0.15, 0.2) is 5.82 Å². The third-order valence-electron chi connectivity index (χ3n) is 4.45. The van der Waals surface area contributed by atoms with Crippen LogP contribution in [0.5, 0.6) is 0 Å². The van der Waals surface area contributed by atoms with E-state index < -0.39 is 17.9 Å². The molecule has 0 radical (unpaired) electrons. The first-order valence-electron chi connectivity index (χ1n) is 7.76. The summed E-state index contributed by atoms with van der Waals surface area (Å²) in [6.07, 6.45) is 0.347. The van der Waals surface area contributed by atoms with Gasteiger partial charge in [0.1, 0.15) is 0 Å². The number of anilines is 1. The molecule has 1 atom stereocenters. The van der Waals surface area contributed by atoms with E-state index in [1.54, 1.807) is 0 Å². The van der Waals surface area contributed by atoms with E-state index >= 15 is 0 Å². The molecule has 2 rings (SSSR count). The predicted octanol–water partition coefficient (Wildman–Crippen LogP) is 4.11. The number of nitrogens with zero attached hydrogens (tertiary/aromatic N) is 1. The van der Waals surface area contributed by atoms with Crippen molar-refractivity contribution in [2.75, 3.05) is 25.5 Å². The van der Waals surface area contributed by atoms with Gasteiger partial charge in [-0.1, -0.05) is 23.2 Å². The van der Waals surface area contributed by atoms with Crippen LogP contribution >= 0.6 is 23.2 Å². The number of amides is 1. The lowest BCUT2D eigenvalue weighted by atomic mass is 9.90. The van der Waals surface area contributed by atoms with E-state index in [0.29, 0.717) is 25.9 Å². The second-order valence-corrected chi connectivity index (χ2v) is 6.73. The number of nitrogens with one attached hydrogen (secondary N) is 1. The smallest absolute Gasteiger partial charge is 0.407 e. The van der Waals surface area contributed by atoms with Gasteiger partial charge in [0.05, 0.1) is 28.4 Å². The number of benzene rings is 1. The fourth-order valence-corrected chi connectivity index (χ4v) is 3.32. The van der Waals surface area contributed by atoms with Gasteiger partial charge in [0.2, 0.25) is 0 Å². The van der Waals surface area contributed by atoms with E-state index in [-0.39, 0.29) is 33.3 Å². The Labute approximate surface area is 154 Å². The Balaban J connectivity index is 2.18. The average Bonchev–Trinajstić information content (AvgIpc) is 2.60. The van der Waals surface area contributed by atoms with E-state index in [4.69, 9.17) is 28.3 Å². The van der Waals surface area contributed by atoms with E-state index in [0.717, 1.165) is 13.2 Å². The molecule has 1 amide bonds. The lowest BCUT2D eigenvalue weighted by Crippen LogP contribution is -2.41. The normalized spacial score (nSPS) is 16.4. The third-order valence-corrected chi connectivity index (χ3v) is 5.24. The molecule has 1 aromatic rings. The summed E-state index contributed by atoms with van der Waals surface area (Å²) in [5.74, 6) is -1.54. The van der Waals surface area contributed by atoms with Crippen molar-refractivity contribution in [2.45, 2.75) is 25.8 Å². The van der Waals surface area contributed by atoms with E-state index in [1.807, 2.05) is 6.92 Å². The first-order valence-corrected chi connectivity index (χ1v) is 8.52. The summed E-state index contributed by atoms with van der Waals surface area (Å²) in [6.45, 7) is 2.70. The second kappa shape index (κ2) is 8.10. The molecule has 1 fully saturated rings. The largest absolute Gasteiger partial charge is 0.465 e. The van der Waals surface area contributed by atoms with Crippen molar-refractivity contribution in [3.05, 3.63) is 27.5 Å². The molecule has 0 aromatic heterocycles. The molecular formula is C16H19Cl2FN2O4. The Bertz CT molecular complexity index is 679. The summed E-state index contributed by atoms with van der Waals surface area (Å²) >= 11 is 12.1. The van der Waals surface area contributed by atoms with Gasteiger partial charge in [0.25, 0.3) is 0 Å². The Morgan fingerprint density at radius 2 is 2.00 bits per heavy atom. The number of likely N-dealkylation sites (tertiary alicyclic amines) is 1. The monoisotopic (exact) mass is 392 g/mol. The number of carboxylic acid groups (broad SMARTS) is 1. The van der Waals surface area contributed by atoms with Crippen LogP contribution in [-0.4, -0.2) is 48.3 Å².